The van der Waals surface area contributed by atoms with E-state index in [9.17, 15) is 4.79 Å². The zero-order chi connectivity index (χ0) is 16.8. The quantitative estimate of drug-likeness (QED) is 0.828. The van der Waals surface area contributed by atoms with E-state index in [4.69, 9.17) is 0 Å². The molecule has 0 aromatic carbocycles. The number of thioether (sulfide) groups is 1. The molecule has 0 bridgehead atoms. The Morgan fingerprint density at radius 2 is 2.26 bits per heavy atom. The Labute approximate surface area is 144 Å². The van der Waals surface area contributed by atoms with Gasteiger partial charge >= 0.3 is 0 Å². The van der Waals surface area contributed by atoms with Crippen molar-refractivity contribution < 1.29 is 0 Å². The number of nitrogens with zero attached hydrogens (tertiary/aromatic N) is 2. The summed E-state index contributed by atoms with van der Waals surface area (Å²) in [6, 6.07) is 0. The SMILES string of the molecule is C=C(C)NNc1nc2sc3c(c2c(=O)n1C)C[C@@](C)(CC)SC3. The third-order valence-corrected chi connectivity index (χ3v) is 7.23. The van der Waals surface area contributed by atoms with Crippen molar-refractivity contribution in [2.75, 3.05) is 5.43 Å². The topological polar surface area (TPSA) is 59.0 Å². The van der Waals surface area contributed by atoms with E-state index >= 15 is 0 Å². The van der Waals surface area contributed by atoms with E-state index in [0.717, 1.165) is 34.5 Å². The lowest BCUT2D eigenvalue weighted by Gasteiger charge is -2.31. The van der Waals surface area contributed by atoms with E-state index in [1.165, 1.54) is 10.4 Å². The van der Waals surface area contributed by atoms with Gasteiger partial charge in [-0.1, -0.05) is 20.4 Å². The summed E-state index contributed by atoms with van der Waals surface area (Å²) in [5.74, 6) is 1.48. The second-order valence-electron chi connectivity index (χ2n) is 6.28. The van der Waals surface area contributed by atoms with Crippen LogP contribution in [-0.2, 0) is 19.2 Å². The van der Waals surface area contributed by atoms with E-state index < -0.39 is 0 Å². The molecule has 0 spiro atoms. The molecule has 2 aromatic rings. The first-order valence-electron chi connectivity index (χ1n) is 7.67. The number of fused-ring (bicyclic) bond motifs is 3. The molecule has 0 fully saturated rings. The number of hydrogen-bond acceptors (Lipinski definition) is 6. The number of anilines is 1. The fraction of sp³-hybridized carbons (Fsp3) is 0.500. The fourth-order valence-corrected chi connectivity index (χ4v) is 5.19. The van der Waals surface area contributed by atoms with Gasteiger partial charge in [-0.3, -0.25) is 14.8 Å². The van der Waals surface area contributed by atoms with Gasteiger partial charge in [-0.25, -0.2) is 4.98 Å². The van der Waals surface area contributed by atoms with Gasteiger partial charge in [-0.05, 0) is 25.3 Å². The molecule has 0 saturated carbocycles. The summed E-state index contributed by atoms with van der Waals surface area (Å²) in [5, 5.41) is 0.799. The van der Waals surface area contributed by atoms with E-state index in [1.807, 2.05) is 18.7 Å². The maximum Gasteiger partial charge on any atom is 0.263 e. The van der Waals surface area contributed by atoms with E-state index in [2.05, 4.69) is 36.3 Å². The number of hydrazine groups is 1. The molecule has 1 atom stereocenters. The predicted molar refractivity (Wildman–Crippen MR) is 100 cm³/mol. The van der Waals surface area contributed by atoms with Crippen LogP contribution in [0.2, 0.25) is 0 Å². The minimum absolute atomic E-state index is 0.0175. The Morgan fingerprint density at radius 3 is 2.91 bits per heavy atom. The van der Waals surface area contributed by atoms with Crippen molar-refractivity contribution in [3.63, 3.8) is 0 Å². The first-order chi connectivity index (χ1) is 10.8. The molecule has 0 amide bonds. The van der Waals surface area contributed by atoms with E-state index in [0.29, 0.717) is 5.95 Å². The first kappa shape index (κ1) is 16.4. The van der Waals surface area contributed by atoms with Gasteiger partial charge in [0.2, 0.25) is 5.95 Å². The largest absolute Gasteiger partial charge is 0.303 e. The lowest BCUT2D eigenvalue weighted by molar-refractivity contribution is 0.610. The second kappa shape index (κ2) is 5.87. The first-order valence-corrected chi connectivity index (χ1v) is 9.47. The summed E-state index contributed by atoms with van der Waals surface area (Å²) in [6.45, 7) is 10.1. The molecule has 2 aromatic heterocycles. The lowest BCUT2D eigenvalue weighted by atomic mass is 9.96. The number of aromatic nitrogens is 2. The van der Waals surface area contributed by atoms with Gasteiger partial charge in [0.25, 0.3) is 5.56 Å². The van der Waals surface area contributed by atoms with Crippen molar-refractivity contribution in [1.29, 1.82) is 0 Å². The lowest BCUT2D eigenvalue weighted by Crippen LogP contribution is -2.29. The molecular formula is C16H22N4OS2. The van der Waals surface area contributed by atoms with Gasteiger partial charge < -0.3 is 5.43 Å². The molecule has 3 rings (SSSR count). The van der Waals surface area contributed by atoms with Crippen LogP contribution in [0.4, 0.5) is 5.95 Å². The van der Waals surface area contributed by atoms with Crippen LogP contribution < -0.4 is 16.4 Å². The zero-order valence-electron chi connectivity index (χ0n) is 13.9. The van der Waals surface area contributed by atoms with Crippen LogP contribution in [0.25, 0.3) is 10.2 Å². The summed E-state index contributed by atoms with van der Waals surface area (Å²) >= 11 is 3.63. The molecule has 124 valence electrons. The Morgan fingerprint density at radius 1 is 1.52 bits per heavy atom. The molecule has 0 unspecified atom stereocenters. The van der Waals surface area contributed by atoms with Crippen LogP contribution in [0.5, 0.6) is 0 Å². The standard InChI is InChI=1S/C16H22N4OS2/c1-6-16(4)7-10-11(8-22-16)23-13-12(10)14(21)20(5)15(17-13)19-18-9(2)3/h18H,2,6-8H2,1,3-5H3,(H,17,19)/t16-/m1/s1. The van der Waals surface area contributed by atoms with Gasteiger partial charge in [-0.2, -0.15) is 0 Å². The Kier molecular flexibility index (Phi) is 4.18. The maximum atomic E-state index is 12.9. The highest BCUT2D eigenvalue weighted by Gasteiger charge is 2.33. The van der Waals surface area contributed by atoms with Gasteiger partial charge in [0.15, 0.2) is 0 Å². The second-order valence-corrected chi connectivity index (χ2v) is 8.93. The molecule has 0 saturated heterocycles. The molecule has 1 aliphatic heterocycles. The summed E-state index contributed by atoms with van der Waals surface area (Å²) in [4.78, 5) is 19.6. The van der Waals surface area contributed by atoms with Crippen molar-refractivity contribution in [2.45, 2.75) is 44.1 Å². The molecule has 0 radical (unpaired) electrons. The highest BCUT2D eigenvalue weighted by atomic mass is 32.2. The molecule has 0 aliphatic carbocycles. The third kappa shape index (κ3) is 2.87. The van der Waals surface area contributed by atoms with Gasteiger partial charge in [0.1, 0.15) is 4.83 Å². The highest BCUT2D eigenvalue weighted by molar-refractivity contribution is 8.00. The van der Waals surface area contributed by atoms with Crippen molar-refractivity contribution in [3.05, 3.63) is 33.1 Å². The third-order valence-electron chi connectivity index (χ3n) is 4.35. The summed E-state index contributed by atoms with van der Waals surface area (Å²) in [7, 11) is 1.75. The Hall–Kier alpha value is -1.47. The van der Waals surface area contributed by atoms with Crippen LogP contribution in [-0.4, -0.2) is 14.3 Å². The normalized spacial score (nSPS) is 20.3. The summed E-state index contributed by atoms with van der Waals surface area (Å²) in [6.07, 6.45) is 2.04. The van der Waals surface area contributed by atoms with Crippen LogP contribution in [0.15, 0.2) is 17.1 Å². The average molecular weight is 351 g/mol. The van der Waals surface area contributed by atoms with Crippen LogP contribution >= 0.6 is 23.1 Å². The number of hydrogen-bond donors (Lipinski definition) is 2. The van der Waals surface area contributed by atoms with Crippen LogP contribution in [0.3, 0.4) is 0 Å². The molecule has 5 nitrogen and oxygen atoms in total. The highest BCUT2D eigenvalue weighted by Crippen LogP contribution is 2.45. The summed E-state index contributed by atoms with van der Waals surface area (Å²) in [5.41, 5.74) is 7.86. The minimum atomic E-state index is 0.0175. The van der Waals surface area contributed by atoms with Gasteiger partial charge in [0.05, 0.1) is 5.39 Å². The fourth-order valence-electron chi connectivity index (χ4n) is 2.70. The van der Waals surface area contributed by atoms with Crippen molar-refractivity contribution in [3.8, 4) is 0 Å². The number of rotatable bonds is 4. The van der Waals surface area contributed by atoms with Crippen molar-refractivity contribution in [1.82, 2.24) is 15.0 Å². The van der Waals surface area contributed by atoms with Crippen LogP contribution in [0, 0.1) is 0 Å². The van der Waals surface area contributed by atoms with E-state index in [-0.39, 0.29) is 10.3 Å². The molecule has 7 heteroatoms. The van der Waals surface area contributed by atoms with Crippen molar-refractivity contribution >= 4 is 39.3 Å². The molecule has 23 heavy (non-hydrogen) atoms. The van der Waals surface area contributed by atoms with Crippen molar-refractivity contribution in [2.24, 2.45) is 7.05 Å². The predicted octanol–water partition coefficient (Wildman–Crippen LogP) is 3.40. The zero-order valence-corrected chi connectivity index (χ0v) is 15.6. The number of thiophene rings is 1. The Balaban J connectivity index is 2.12. The van der Waals surface area contributed by atoms with Gasteiger partial charge in [0, 0.05) is 28.1 Å². The smallest absolute Gasteiger partial charge is 0.263 e. The summed E-state index contributed by atoms with van der Waals surface area (Å²) < 4.78 is 1.78. The molecule has 1 aliphatic rings. The number of nitrogens with one attached hydrogen (secondary N) is 2. The molecule has 3 heterocycles. The maximum absolute atomic E-state index is 12.9. The minimum Gasteiger partial charge on any atom is -0.303 e. The molecular weight excluding hydrogens is 328 g/mol. The monoisotopic (exact) mass is 350 g/mol. The van der Waals surface area contributed by atoms with Crippen LogP contribution in [0.1, 0.15) is 37.6 Å². The van der Waals surface area contributed by atoms with E-state index in [1.54, 1.807) is 23.0 Å². The Bertz CT molecular complexity index is 839. The molecule has 2 N–H and O–H groups in total. The number of allylic oxidation sites excluding steroid dienone is 1. The average Bonchev–Trinajstić information content (AvgIpc) is 2.86. The van der Waals surface area contributed by atoms with Gasteiger partial charge in [-0.15, -0.1) is 23.1 Å².